The van der Waals surface area contributed by atoms with Crippen molar-refractivity contribution in [1.82, 2.24) is 14.9 Å². The zero-order chi connectivity index (χ0) is 25.9. The normalized spacial score (nSPS) is 20.4. The summed E-state index contributed by atoms with van der Waals surface area (Å²) in [5.41, 5.74) is 3.96. The molecule has 1 saturated carbocycles. The molecule has 1 aliphatic rings. The first-order chi connectivity index (χ1) is 17.2. The van der Waals surface area contributed by atoms with Crippen LogP contribution in [0.5, 0.6) is 0 Å². The maximum Gasteiger partial charge on any atom is 0.282 e. The van der Waals surface area contributed by atoms with E-state index in [2.05, 4.69) is 22.9 Å². The highest BCUT2D eigenvalue weighted by molar-refractivity contribution is 5.68. The van der Waals surface area contributed by atoms with Crippen LogP contribution in [0.2, 0.25) is 0 Å². The molecule has 0 aliphatic heterocycles. The van der Waals surface area contributed by atoms with Gasteiger partial charge in [0.05, 0.1) is 12.6 Å². The van der Waals surface area contributed by atoms with Crippen LogP contribution in [0.25, 0.3) is 11.1 Å². The zero-order valence-electron chi connectivity index (χ0n) is 20.3. The van der Waals surface area contributed by atoms with E-state index in [0.29, 0.717) is 11.4 Å². The molecule has 6 nitrogen and oxygen atoms in total. The van der Waals surface area contributed by atoms with Crippen molar-refractivity contribution in [2.24, 2.45) is 0 Å². The summed E-state index contributed by atoms with van der Waals surface area (Å²) in [7, 11) is 0. The minimum Gasteiger partial charge on any atom is -0.390 e. The van der Waals surface area contributed by atoms with Crippen LogP contribution in [0.4, 0.5) is 8.78 Å². The summed E-state index contributed by atoms with van der Waals surface area (Å²) in [6.07, 6.45) is 4.80. The van der Waals surface area contributed by atoms with Gasteiger partial charge in [-0.25, -0.2) is 13.8 Å². The first-order valence-electron chi connectivity index (χ1n) is 12.2. The van der Waals surface area contributed by atoms with E-state index in [0.717, 1.165) is 24.0 Å². The molecule has 2 aromatic carbocycles. The first kappa shape index (κ1) is 26.2. The largest absolute Gasteiger partial charge is 0.390 e. The molecule has 3 atom stereocenters. The Morgan fingerprint density at radius 1 is 1.17 bits per heavy atom. The van der Waals surface area contributed by atoms with Crippen molar-refractivity contribution in [3.8, 4) is 11.1 Å². The van der Waals surface area contributed by atoms with Crippen molar-refractivity contribution in [1.29, 1.82) is 0 Å². The molecule has 1 fully saturated rings. The molecular formula is C28H33F2N3O3. The molecule has 36 heavy (non-hydrogen) atoms. The van der Waals surface area contributed by atoms with Crippen LogP contribution < -0.4 is 5.32 Å². The van der Waals surface area contributed by atoms with E-state index in [4.69, 9.17) is 5.11 Å². The Balaban J connectivity index is 1.47. The second kappa shape index (κ2) is 11.0. The van der Waals surface area contributed by atoms with Gasteiger partial charge >= 0.3 is 0 Å². The number of alkyl halides is 2. The minimum absolute atomic E-state index is 0.00328. The second-order valence-electron chi connectivity index (χ2n) is 9.51. The molecule has 0 amide bonds. The van der Waals surface area contributed by atoms with Crippen molar-refractivity contribution >= 4 is 0 Å². The summed E-state index contributed by atoms with van der Waals surface area (Å²) in [4.78, 5) is 4.19. The molecule has 1 aromatic heterocycles. The molecular weight excluding hydrogens is 464 g/mol. The van der Waals surface area contributed by atoms with E-state index in [1.165, 1.54) is 5.56 Å². The molecule has 0 bridgehead atoms. The van der Waals surface area contributed by atoms with Crippen LogP contribution in [-0.4, -0.2) is 50.0 Å². The monoisotopic (exact) mass is 497 g/mol. The summed E-state index contributed by atoms with van der Waals surface area (Å²) in [5.74, 6) is -2.38. The van der Waals surface area contributed by atoms with Gasteiger partial charge in [-0.3, -0.25) is 0 Å². The molecule has 0 saturated heterocycles. The lowest BCUT2D eigenvalue weighted by Gasteiger charge is -2.38. The lowest BCUT2D eigenvalue weighted by molar-refractivity contribution is -0.0512. The molecule has 3 unspecified atom stereocenters. The molecule has 4 rings (SSSR count). The molecule has 8 heteroatoms. The molecule has 4 N–H and O–H groups in total. The number of nitrogens with zero attached hydrogens (tertiary/aromatic N) is 2. The Kier molecular flexibility index (Phi) is 8.00. The fourth-order valence-electron chi connectivity index (χ4n) is 4.86. The standard InChI is InChI=1S/C28H33F2N3O3/c1-3-25(33-13-12-31-27(33)18(2)35)26(36)20-10-8-19(9-11-20)23-6-4-5-7-24(23)21-14-22(15-21)32-16-28(29,30)17-34/h3-13,18,21-22,25-26,32,34-36H,1,14-17H2,2H3. The third kappa shape index (κ3) is 5.57. The summed E-state index contributed by atoms with van der Waals surface area (Å²) in [5, 5.41) is 32.7. The molecule has 1 aliphatic carbocycles. The van der Waals surface area contributed by atoms with Crippen molar-refractivity contribution in [3.63, 3.8) is 0 Å². The fraction of sp³-hybridized carbons (Fsp3) is 0.393. The van der Waals surface area contributed by atoms with Gasteiger partial charge in [0.1, 0.15) is 24.6 Å². The van der Waals surface area contributed by atoms with Gasteiger partial charge in [0, 0.05) is 18.4 Å². The third-order valence-electron chi connectivity index (χ3n) is 6.94. The number of aliphatic hydroxyl groups is 3. The van der Waals surface area contributed by atoms with E-state index < -0.39 is 37.3 Å². The molecule has 0 spiro atoms. The summed E-state index contributed by atoms with van der Waals surface area (Å²) in [6.45, 7) is 3.82. The predicted octanol–water partition coefficient (Wildman–Crippen LogP) is 4.53. The van der Waals surface area contributed by atoms with Gasteiger partial charge < -0.3 is 25.2 Å². The number of aromatic nitrogens is 2. The molecule has 0 radical (unpaired) electrons. The summed E-state index contributed by atoms with van der Waals surface area (Å²) < 4.78 is 28.4. The Hall–Kier alpha value is -2.91. The van der Waals surface area contributed by atoms with E-state index >= 15 is 0 Å². The number of imidazole rings is 1. The third-order valence-corrected chi connectivity index (χ3v) is 6.94. The van der Waals surface area contributed by atoms with Gasteiger partial charge in [-0.1, -0.05) is 54.6 Å². The van der Waals surface area contributed by atoms with E-state index in [1.54, 1.807) is 30.0 Å². The first-order valence-corrected chi connectivity index (χ1v) is 12.2. The average Bonchev–Trinajstić information content (AvgIpc) is 3.34. The second-order valence-corrected chi connectivity index (χ2v) is 9.51. The van der Waals surface area contributed by atoms with Gasteiger partial charge in [0.25, 0.3) is 5.92 Å². The fourth-order valence-corrected chi connectivity index (χ4v) is 4.86. The SMILES string of the molecule is C=CC(C(O)c1ccc(-c2ccccc2C2CC(NCC(F)(F)CO)C2)cc1)n1ccnc1C(C)O. The van der Waals surface area contributed by atoms with Crippen molar-refractivity contribution in [2.75, 3.05) is 13.2 Å². The number of rotatable bonds is 11. The minimum atomic E-state index is -3.10. The maximum absolute atomic E-state index is 13.3. The van der Waals surface area contributed by atoms with Crippen LogP contribution in [0, 0.1) is 0 Å². The predicted molar refractivity (Wildman–Crippen MR) is 135 cm³/mol. The van der Waals surface area contributed by atoms with E-state index in [1.807, 2.05) is 42.5 Å². The van der Waals surface area contributed by atoms with Crippen LogP contribution in [0.15, 0.2) is 73.6 Å². The summed E-state index contributed by atoms with van der Waals surface area (Å²) in [6, 6.07) is 15.3. The van der Waals surface area contributed by atoms with Crippen molar-refractivity contribution in [2.45, 2.75) is 55.9 Å². The molecule has 3 aromatic rings. The van der Waals surface area contributed by atoms with Gasteiger partial charge in [-0.15, -0.1) is 6.58 Å². The topological polar surface area (TPSA) is 90.5 Å². The summed E-state index contributed by atoms with van der Waals surface area (Å²) >= 11 is 0. The Labute approximate surface area is 209 Å². The van der Waals surface area contributed by atoms with Crippen molar-refractivity contribution in [3.05, 3.63) is 90.5 Å². The number of aliphatic hydroxyl groups excluding tert-OH is 3. The number of nitrogens with one attached hydrogen (secondary N) is 1. The van der Waals surface area contributed by atoms with E-state index in [-0.39, 0.29) is 12.0 Å². The van der Waals surface area contributed by atoms with Gasteiger partial charge in [0.15, 0.2) is 0 Å². The number of hydrogen-bond acceptors (Lipinski definition) is 5. The molecule has 1 heterocycles. The Morgan fingerprint density at radius 3 is 2.50 bits per heavy atom. The van der Waals surface area contributed by atoms with Crippen LogP contribution in [0.1, 0.15) is 60.9 Å². The smallest absolute Gasteiger partial charge is 0.282 e. The number of hydrogen-bond donors (Lipinski definition) is 4. The average molecular weight is 498 g/mol. The van der Waals surface area contributed by atoms with E-state index in [9.17, 15) is 19.0 Å². The highest BCUT2D eigenvalue weighted by Crippen LogP contribution is 2.42. The van der Waals surface area contributed by atoms with Gasteiger partial charge in [-0.05, 0) is 47.9 Å². The van der Waals surface area contributed by atoms with Crippen LogP contribution >= 0.6 is 0 Å². The highest BCUT2D eigenvalue weighted by Gasteiger charge is 2.35. The Bertz CT molecular complexity index is 1160. The zero-order valence-corrected chi connectivity index (χ0v) is 20.3. The van der Waals surface area contributed by atoms with Gasteiger partial charge in [0.2, 0.25) is 0 Å². The lowest BCUT2D eigenvalue weighted by atomic mass is 9.73. The molecule has 192 valence electrons. The maximum atomic E-state index is 13.3. The Morgan fingerprint density at radius 2 is 1.86 bits per heavy atom. The number of benzene rings is 2. The van der Waals surface area contributed by atoms with Crippen molar-refractivity contribution < 1.29 is 24.1 Å². The number of halogens is 2. The highest BCUT2D eigenvalue weighted by atomic mass is 19.3. The lowest BCUT2D eigenvalue weighted by Crippen LogP contribution is -2.46. The van der Waals surface area contributed by atoms with Crippen LogP contribution in [0.3, 0.4) is 0 Å². The van der Waals surface area contributed by atoms with Gasteiger partial charge in [-0.2, -0.15) is 0 Å². The quantitative estimate of drug-likeness (QED) is 0.292. The van der Waals surface area contributed by atoms with Crippen LogP contribution in [-0.2, 0) is 0 Å².